The summed E-state index contributed by atoms with van der Waals surface area (Å²) in [4.78, 5) is 30.5. The Hall–Kier alpha value is -4.82. The van der Waals surface area contributed by atoms with E-state index in [0.717, 1.165) is 42.3 Å². The van der Waals surface area contributed by atoms with Gasteiger partial charge in [0, 0.05) is 40.1 Å². The number of carbonyl (C=O) groups excluding carboxylic acids is 1. The van der Waals surface area contributed by atoms with Gasteiger partial charge in [0.25, 0.3) is 15.9 Å². The molecule has 0 aliphatic rings. The fraction of sp³-hybridized carbons (Fsp3) is 0.121. The number of rotatable bonds is 7. The van der Waals surface area contributed by atoms with E-state index in [1.807, 2.05) is 67.6 Å². The lowest BCUT2D eigenvalue weighted by molar-refractivity contribution is -0.137. The summed E-state index contributed by atoms with van der Waals surface area (Å²) in [5.74, 6) is -1.78. The van der Waals surface area contributed by atoms with Crippen molar-refractivity contribution in [3.05, 3.63) is 108 Å². The molecule has 6 rings (SSSR count). The van der Waals surface area contributed by atoms with E-state index in [0.29, 0.717) is 10.9 Å². The first-order valence-electron chi connectivity index (χ1n) is 13.2. The average Bonchev–Trinajstić information content (AvgIpc) is 2.98. The highest BCUT2D eigenvalue weighted by atomic mass is 32.2. The Kier molecular flexibility index (Phi) is 6.63. The molecule has 204 valence electrons. The van der Waals surface area contributed by atoms with Gasteiger partial charge in [0.1, 0.15) is 0 Å². The van der Waals surface area contributed by atoms with Gasteiger partial charge in [-0.15, -0.1) is 0 Å². The topological polar surface area (TPSA) is 105 Å². The minimum atomic E-state index is -4.29. The molecular formula is C33H26N2O5S. The summed E-state index contributed by atoms with van der Waals surface area (Å²) in [5, 5.41) is 14.1. The van der Waals surface area contributed by atoms with E-state index in [1.54, 1.807) is 24.3 Å². The van der Waals surface area contributed by atoms with E-state index in [-0.39, 0.29) is 29.8 Å². The number of aliphatic carboxylic acids is 1. The molecule has 0 fully saturated rings. The van der Waals surface area contributed by atoms with Gasteiger partial charge in [-0.25, -0.2) is 17.7 Å². The molecule has 1 aromatic heterocycles. The summed E-state index contributed by atoms with van der Waals surface area (Å²) in [6.45, 7) is 1.57. The molecule has 5 aromatic carbocycles. The lowest BCUT2D eigenvalue weighted by atomic mass is 9.93. The Morgan fingerprint density at radius 3 is 2.24 bits per heavy atom. The van der Waals surface area contributed by atoms with Crippen LogP contribution in [0.1, 0.15) is 28.8 Å². The van der Waals surface area contributed by atoms with Crippen molar-refractivity contribution >= 4 is 65.3 Å². The van der Waals surface area contributed by atoms with E-state index in [9.17, 15) is 23.1 Å². The van der Waals surface area contributed by atoms with Gasteiger partial charge in [-0.2, -0.15) is 0 Å². The highest BCUT2D eigenvalue weighted by Crippen LogP contribution is 2.38. The van der Waals surface area contributed by atoms with Crippen molar-refractivity contribution in [2.24, 2.45) is 0 Å². The van der Waals surface area contributed by atoms with Crippen LogP contribution in [0.25, 0.3) is 43.4 Å². The van der Waals surface area contributed by atoms with Crippen molar-refractivity contribution < 1.29 is 23.1 Å². The van der Waals surface area contributed by atoms with Gasteiger partial charge in [-0.3, -0.25) is 9.59 Å². The molecule has 1 heterocycles. The zero-order valence-corrected chi connectivity index (χ0v) is 23.1. The van der Waals surface area contributed by atoms with Crippen LogP contribution in [0, 0.1) is 6.92 Å². The molecule has 0 saturated heterocycles. The van der Waals surface area contributed by atoms with Gasteiger partial charge >= 0.3 is 5.97 Å². The van der Waals surface area contributed by atoms with E-state index in [4.69, 9.17) is 4.98 Å². The van der Waals surface area contributed by atoms with Crippen LogP contribution in [-0.4, -0.2) is 41.2 Å². The number of benzene rings is 5. The minimum absolute atomic E-state index is 0.0210. The maximum atomic E-state index is 14.3. The van der Waals surface area contributed by atoms with Gasteiger partial charge in [0.2, 0.25) is 0 Å². The maximum absolute atomic E-state index is 14.3. The standard InChI is InChI=1S/C33H26N2O5S/c1-21-15-17-23(18-16-21)41(39,40)35(19-7-14-30(36)37)33(38)27-12-6-11-25-24-9-3-4-10-26(24)32-28(31(25)27)20-22-8-2-5-13-29(22)34-32/h2-6,8-13,15-18,20H,7,14,19H2,1H3,(H,36,37). The molecule has 0 spiro atoms. The number of hydrogen-bond donors (Lipinski definition) is 1. The third-order valence-electron chi connectivity index (χ3n) is 7.35. The van der Waals surface area contributed by atoms with Crippen LogP contribution in [0.15, 0.2) is 102 Å². The number of para-hydroxylation sites is 1. The molecule has 0 bridgehead atoms. The first-order chi connectivity index (χ1) is 19.8. The molecular weight excluding hydrogens is 536 g/mol. The van der Waals surface area contributed by atoms with Crippen molar-refractivity contribution in [1.29, 1.82) is 0 Å². The van der Waals surface area contributed by atoms with Crippen molar-refractivity contribution in [3.63, 3.8) is 0 Å². The summed E-state index contributed by atoms with van der Waals surface area (Å²) < 4.78 is 28.5. The number of sulfonamides is 1. The molecule has 7 nitrogen and oxygen atoms in total. The Morgan fingerprint density at radius 2 is 1.49 bits per heavy atom. The van der Waals surface area contributed by atoms with Crippen LogP contribution in [0.2, 0.25) is 0 Å². The molecule has 8 heteroatoms. The van der Waals surface area contributed by atoms with Gasteiger partial charge in [-0.1, -0.05) is 72.3 Å². The predicted octanol–water partition coefficient (Wildman–Crippen LogP) is 6.70. The molecule has 1 N–H and O–H groups in total. The summed E-state index contributed by atoms with van der Waals surface area (Å²) >= 11 is 0. The number of pyridine rings is 1. The molecule has 6 aromatic rings. The van der Waals surface area contributed by atoms with Crippen molar-refractivity contribution in [1.82, 2.24) is 9.29 Å². The predicted molar refractivity (Wildman–Crippen MR) is 161 cm³/mol. The summed E-state index contributed by atoms with van der Waals surface area (Å²) in [6, 6.07) is 29.1. The number of aryl methyl sites for hydroxylation is 1. The van der Waals surface area contributed by atoms with Crippen LogP contribution in [0.5, 0.6) is 0 Å². The summed E-state index contributed by atoms with van der Waals surface area (Å²) in [6.07, 6.45) is -0.293. The number of carboxylic acid groups (broad SMARTS) is 1. The highest BCUT2D eigenvalue weighted by molar-refractivity contribution is 7.89. The number of aromatic nitrogens is 1. The lowest BCUT2D eigenvalue weighted by Gasteiger charge is -2.24. The monoisotopic (exact) mass is 562 g/mol. The number of nitrogens with zero attached hydrogens (tertiary/aromatic N) is 2. The second-order valence-corrected chi connectivity index (χ2v) is 11.9. The molecule has 0 aliphatic carbocycles. The van der Waals surface area contributed by atoms with Crippen molar-refractivity contribution in [3.8, 4) is 0 Å². The third kappa shape index (κ3) is 4.66. The maximum Gasteiger partial charge on any atom is 0.303 e. The Balaban J connectivity index is 1.62. The van der Waals surface area contributed by atoms with Crippen LogP contribution < -0.4 is 0 Å². The van der Waals surface area contributed by atoms with Gasteiger partial charge in [0.05, 0.1) is 15.9 Å². The van der Waals surface area contributed by atoms with Crippen molar-refractivity contribution in [2.45, 2.75) is 24.7 Å². The molecule has 0 saturated carbocycles. The molecule has 0 atom stereocenters. The molecule has 1 amide bonds. The largest absolute Gasteiger partial charge is 0.481 e. The lowest BCUT2D eigenvalue weighted by Crippen LogP contribution is -2.38. The number of carboxylic acids is 1. The Morgan fingerprint density at radius 1 is 0.805 bits per heavy atom. The van der Waals surface area contributed by atoms with Gasteiger partial charge in [-0.05, 0) is 54.4 Å². The fourth-order valence-corrected chi connectivity index (χ4v) is 6.78. The average molecular weight is 563 g/mol. The number of carbonyl (C=O) groups is 2. The third-order valence-corrected chi connectivity index (χ3v) is 9.14. The first kappa shape index (κ1) is 26.4. The first-order valence-corrected chi connectivity index (χ1v) is 14.7. The summed E-state index contributed by atoms with van der Waals surface area (Å²) in [5.41, 5.74) is 2.61. The van der Waals surface area contributed by atoms with Gasteiger partial charge in [0.15, 0.2) is 0 Å². The van der Waals surface area contributed by atoms with Crippen LogP contribution in [0.4, 0.5) is 0 Å². The number of hydrogen-bond acceptors (Lipinski definition) is 5. The molecule has 0 unspecified atom stereocenters. The van der Waals surface area contributed by atoms with E-state index in [1.165, 1.54) is 12.1 Å². The zero-order chi connectivity index (χ0) is 28.7. The Labute approximate surface area is 236 Å². The van der Waals surface area contributed by atoms with E-state index < -0.39 is 21.9 Å². The Bertz CT molecular complexity index is 2100. The molecule has 0 aliphatic heterocycles. The normalized spacial score (nSPS) is 11.8. The van der Waals surface area contributed by atoms with E-state index >= 15 is 0 Å². The molecule has 0 radical (unpaired) electrons. The minimum Gasteiger partial charge on any atom is -0.481 e. The SMILES string of the molecule is Cc1ccc(S(=O)(=O)N(CCCC(=O)O)C(=O)c2cccc3c4ccccc4c4nc5ccccc5cc4c23)cc1. The van der Waals surface area contributed by atoms with Crippen LogP contribution in [0.3, 0.4) is 0 Å². The zero-order valence-electron chi connectivity index (χ0n) is 22.2. The smallest absolute Gasteiger partial charge is 0.303 e. The van der Waals surface area contributed by atoms with Crippen molar-refractivity contribution in [2.75, 3.05) is 6.54 Å². The molecule has 41 heavy (non-hydrogen) atoms. The van der Waals surface area contributed by atoms with E-state index in [2.05, 4.69) is 0 Å². The highest BCUT2D eigenvalue weighted by Gasteiger charge is 2.31. The number of amides is 1. The van der Waals surface area contributed by atoms with Crippen LogP contribution in [-0.2, 0) is 14.8 Å². The fourth-order valence-electron chi connectivity index (χ4n) is 5.36. The number of fused-ring (bicyclic) bond motifs is 7. The second kappa shape index (κ2) is 10.3. The quantitative estimate of drug-likeness (QED) is 0.172. The van der Waals surface area contributed by atoms with Gasteiger partial charge < -0.3 is 5.11 Å². The summed E-state index contributed by atoms with van der Waals surface area (Å²) in [7, 11) is -4.29. The van der Waals surface area contributed by atoms with Crippen LogP contribution >= 0.6 is 0 Å². The second-order valence-electron chi connectivity index (χ2n) is 10.0.